The topological polar surface area (TPSA) is 32.3 Å². The maximum absolute atomic E-state index is 12.5. The molecule has 0 fully saturated rings. The zero-order valence-corrected chi connectivity index (χ0v) is 18.1. The van der Waals surface area contributed by atoms with E-state index in [0.717, 1.165) is 11.1 Å². The number of rotatable bonds is 5. The molecule has 0 saturated carbocycles. The molecule has 0 atom stereocenters. The van der Waals surface area contributed by atoms with E-state index in [9.17, 15) is 5.11 Å². The average molecular weight is 457 g/mol. The smallest absolute Gasteiger partial charge is 0.872 e. The Morgan fingerprint density at radius 3 is 2.30 bits per heavy atom. The van der Waals surface area contributed by atoms with Crippen LogP contribution in [0, 0.1) is 0 Å². The van der Waals surface area contributed by atoms with Gasteiger partial charge >= 0.3 is 17.1 Å². The number of hydrogen-bond acceptors (Lipinski definition) is 2. The van der Waals surface area contributed by atoms with Crippen LogP contribution in [0.4, 0.5) is 0 Å². The zero-order valence-electron chi connectivity index (χ0n) is 16.2. The van der Waals surface area contributed by atoms with Crippen molar-refractivity contribution in [2.45, 2.75) is 6.61 Å². The van der Waals surface area contributed by atoms with Crippen molar-refractivity contribution >= 4 is 17.4 Å². The molecular formula is C26H21ClFeO2. The fraction of sp³-hybridized carbons (Fsp3) is 0.0385. The monoisotopic (exact) mass is 456 g/mol. The molecular weight excluding hydrogens is 436 g/mol. The third kappa shape index (κ3) is 7.53. The van der Waals surface area contributed by atoms with Gasteiger partial charge in [-0.3, -0.25) is 0 Å². The van der Waals surface area contributed by atoms with E-state index in [4.69, 9.17) is 16.3 Å². The predicted octanol–water partition coefficient (Wildman–Crippen LogP) is 6.08. The summed E-state index contributed by atoms with van der Waals surface area (Å²) in [4.78, 5) is 0. The van der Waals surface area contributed by atoms with Crippen molar-refractivity contribution in [2.24, 2.45) is 0 Å². The van der Waals surface area contributed by atoms with Gasteiger partial charge in [-0.05, 0) is 29.3 Å². The summed E-state index contributed by atoms with van der Waals surface area (Å²) >= 11 is 6.05. The third-order valence-electron chi connectivity index (χ3n) is 4.12. The van der Waals surface area contributed by atoms with Gasteiger partial charge in [0.1, 0.15) is 12.4 Å². The van der Waals surface area contributed by atoms with E-state index in [-0.39, 0.29) is 22.8 Å². The average Bonchev–Trinajstić information content (AvgIpc) is 3.48. The normalized spacial score (nSPS) is 12.0. The summed E-state index contributed by atoms with van der Waals surface area (Å²) in [5, 5.41) is 13.0. The van der Waals surface area contributed by atoms with Crippen molar-refractivity contribution in [3.63, 3.8) is 0 Å². The molecule has 0 heterocycles. The zero-order chi connectivity index (χ0) is 20.3. The van der Waals surface area contributed by atoms with Crippen LogP contribution < -0.4 is 9.84 Å². The minimum absolute atomic E-state index is 0. The maximum atomic E-state index is 12.5. The standard InChI is InChI=1S/C21H17ClO2.C5H5.Fe/c22-18-11-13-21(24-15-17-8-2-1-3-9-17)19(14-18)20(23)12-10-16-6-4-5-7-16;1-2-4-5-3-1;/h1-14,23H,15H2;1-5H;/q;-1;+2/p-1/b20-12-;;. The van der Waals surface area contributed by atoms with Crippen LogP contribution in [0.5, 0.6) is 5.75 Å². The van der Waals surface area contributed by atoms with Crippen molar-refractivity contribution in [3.05, 3.63) is 137 Å². The Balaban J connectivity index is 0.000000468. The molecule has 0 amide bonds. The van der Waals surface area contributed by atoms with Gasteiger partial charge in [-0.25, -0.2) is 12.1 Å². The Labute approximate surface area is 193 Å². The Hall–Kier alpha value is -2.84. The van der Waals surface area contributed by atoms with Crippen LogP contribution in [0.1, 0.15) is 11.1 Å². The van der Waals surface area contributed by atoms with Gasteiger partial charge in [0.2, 0.25) is 0 Å². The van der Waals surface area contributed by atoms with Crippen molar-refractivity contribution in [3.8, 4) is 5.75 Å². The van der Waals surface area contributed by atoms with E-state index in [1.807, 2.05) is 85.0 Å². The molecule has 1 aliphatic rings. The van der Waals surface area contributed by atoms with Crippen molar-refractivity contribution < 1.29 is 26.9 Å². The number of allylic oxidation sites excluding steroid dienone is 7. The SMILES string of the molecule is [Fe+2].[O-]/C(=C\C=C1C=CC=C1)c1cc(Cl)ccc1OCc1ccccc1.c1cc[cH-]c1. The fourth-order valence-corrected chi connectivity index (χ4v) is 2.81. The summed E-state index contributed by atoms with van der Waals surface area (Å²) < 4.78 is 5.82. The molecule has 0 N–H and O–H groups in total. The van der Waals surface area contributed by atoms with Gasteiger partial charge in [0.15, 0.2) is 0 Å². The summed E-state index contributed by atoms with van der Waals surface area (Å²) in [7, 11) is 0. The number of hydrogen-bond donors (Lipinski definition) is 0. The van der Waals surface area contributed by atoms with Crippen molar-refractivity contribution in [1.29, 1.82) is 0 Å². The van der Waals surface area contributed by atoms with Crippen LogP contribution in [0.15, 0.2) is 121 Å². The number of halogens is 1. The quantitative estimate of drug-likeness (QED) is 0.265. The first-order valence-corrected chi connectivity index (χ1v) is 9.67. The van der Waals surface area contributed by atoms with Gasteiger partial charge in [-0.1, -0.05) is 84.1 Å². The van der Waals surface area contributed by atoms with E-state index in [0.29, 0.717) is 22.9 Å². The predicted molar refractivity (Wildman–Crippen MR) is 119 cm³/mol. The minimum Gasteiger partial charge on any atom is -0.872 e. The Morgan fingerprint density at radius 1 is 0.967 bits per heavy atom. The molecule has 4 heteroatoms. The molecule has 1 aliphatic carbocycles. The molecule has 3 aromatic rings. The largest absolute Gasteiger partial charge is 2.00 e. The third-order valence-corrected chi connectivity index (χ3v) is 4.35. The van der Waals surface area contributed by atoms with Crippen LogP contribution >= 0.6 is 11.6 Å². The molecule has 4 rings (SSSR count). The number of ether oxygens (including phenoxy) is 1. The summed E-state index contributed by atoms with van der Waals surface area (Å²) in [5.74, 6) is 0.391. The summed E-state index contributed by atoms with van der Waals surface area (Å²) in [6.45, 7) is 0.398. The maximum Gasteiger partial charge on any atom is 2.00 e. The van der Waals surface area contributed by atoms with Gasteiger partial charge in [0.25, 0.3) is 0 Å². The molecule has 152 valence electrons. The first kappa shape index (κ1) is 23.4. The van der Waals surface area contributed by atoms with Crippen molar-refractivity contribution in [2.75, 3.05) is 0 Å². The second kappa shape index (κ2) is 12.7. The van der Waals surface area contributed by atoms with Gasteiger partial charge in [-0.2, -0.15) is 18.2 Å². The molecule has 0 bridgehead atoms. The summed E-state index contributed by atoms with van der Waals surface area (Å²) in [5.41, 5.74) is 2.48. The molecule has 3 aromatic carbocycles. The van der Waals surface area contributed by atoms with Gasteiger partial charge in [-0.15, -0.1) is 0 Å². The summed E-state index contributed by atoms with van der Waals surface area (Å²) in [6, 6.07) is 24.9. The van der Waals surface area contributed by atoms with Gasteiger partial charge < -0.3 is 9.84 Å². The van der Waals surface area contributed by atoms with Crippen LogP contribution in [0.25, 0.3) is 5.76 Å². The Morgan fingerprint density at radius 2 is 1.67 bits per heavy atom. The summed E-state index contributed by atoms with van der Waals surface area (Å²) in [6.07, 6.45) is 11.1. The molecule has 0 aromatic heterocycles. The molecule has 0 unspecified atom stereocenters. The second-order valence-corrected chi connectivity index (χ2v) is 6.73. The van der Waals surface area contributed by atoms with Gasteiger partial charge in [0, 0.05) is 10.6 Å². The van der Waals surface area contributed by atoms with Crippen molar-refractivity contribution in [1.82, 2.24) is 0 Å². The Kier molecular flexibility index (Phi) is 9.89. The molecule has 0 radical (unpaired) electrons. The molecule has 0 aliphatic heterocycles. The van der Waals surface area contributed by atoms with E-state index in [2.05, 4.69) is 0 Å². The van der Waals surface area contributed by atoms with E-state index >= 15 is 0 Å². The van der Waals surface area contributed by atoms with E-state index in [1.54, 1.807) is 24.3 Å². The molecule has 0 spiro atoms. The van der Waals surface area contributed by atoms with Crippen LogP contribution in [-0.4, -0.2) is 0 Å². The van der Waals surface area contributed by atoms with Crippen LogP contribution in [0.2, 0.25) is 5.02 Å². The Bertz CT molecular complexity index is 985. The number of benzene rings is 2. The first-order chi connectivity index (χ1) is 14.2. The molecule has 2 nitrogen and oxygen atoms in total. The van der Waals surface area contributed by atoms with Crippen LogP contribution in [0.3, 0.4) is 0 Å². The fourth-order valence-electron chi connectivity index (χ4n) is 2.64. The van der Waals surface area contributed by atoms with E-state index in [1.165, 1.54) is 6.08 Å². The van der Waals surface area contributed by atoms with Gasteiger partial charge in [0.05, 0.1) is 0 Å². The van der Waals surface area contributed by atoms with Crippen LogP contribution in [-0.2, 0) is 23.7 Å². The molecule has 0 saturated heterocycles. The van der Waals surface area contributed by atoms with E-state index < -0.39 is 0 Å². The second-order valence-electron chi connectivity index (χ2n) is 6.29. The minimum atomic E-state index is -0.137. The first-order valence-electron chi connectivity index (χ1n) is 9.29. The molecule has 30 heavy (non-hydrogen) atoms.